The van der Waals surface area contributed by atoms with E-state index < -0.39 is 0 Å². The van der Waals surface area contributed by atoms with Crippen LogP contribution >= 0.6 is 8.58 Å². The van der Waals surface area contributed by atoms with Crippen LogP contribution in [-0.4, -0.2) is 13.4 Å². The van der Waals surface area contributed by atoms with Crippen molar-refractivity contribution in [3.63, 3.8) is 0 Å². The number of rotatable bonds is 9. The molecule has 30 heavy (non-hydrogen) atoms. The fraction of sp³-hybridized carbons (Fsp3) is 0.519. The van der Waals surface area contributed by atoms with Gasteiger partial charge in [0.05, 0.1) is 7.11 Å². The number of carbonyl (C=O) groups is 1. The molecule has 2 atom stereocenters. The van der Waals surface area contributed by atoms with Crippen LogP contribution in [0.1, 0.15) is 92.9 Å². The zero-order valence-electron chi connectivity index (χ0n) is 20.1. The molecule has 0 spiro atoms. The quantitative estimate of drug-likeness (QED) is 0.240. The number of aryl methyl sites for hydroxylation is 2. The van der Waals surface area contributed by atoms with Crippen LogP contribution in [0.15, 0.2) is 30.3 Å². The van der Waals surface area contributed by atoms with Crippen molar-refractivity contribution in [1.29, 1.82) is 0 Å². The highest BCUT2D eigenvalue weighted by Crippen LogP contribution is 2.50. The Morgan fingerprint density at radius 1 is 1.03 bits per heavy atom. The zero-order chi connectivity index (χ0) is 22.5. The first-order valence-electron chi connectivity index (χ1n) is 11.1. The van der Waals surface area contributed by atoms with Crippen LogP contribution in [0.3, 0.4) is 0 Å². The van der Waals surface area contributed by atoms with E-state index in [-0.39, 0.29) is 10.6 Å². The molecule has 0 saturated carbocycles. The summed E-state index contributed by atoms with van der Waals surface area (Å²) in [4.78, 5) is 11.8. The molecule has 0 aliphatic rings. The maximum absolute atomic E-state index is 11.8. The van der Waals surface area contributed by atoms with Gasteiger partial charge in [0.2, 0.25) is 0 Å². The van der Waals surface area contributed by atoms with E-state index in [0.29, 0.717) is 8.58 Å². The van der Waals surface area contributed by atoms with Crippen molar-refractivity contribution in [2.24, 2.45) is 0 Å². The third-order valence-electron chi connectivity index (χ3n) is 5.96. The number of methoxy groups -OCH3 is 1. The van der Waals surface area contributed by atoms with Crippen LogP contribution in [0.2, 0.25) is 0 Å². The molecule has 0 aliphatic heterocycles. The van der Waals surface area contributed by atoms with Crippen molar-refractivity contribution in [2.75, 3.05) is 7.11 Å². The molecular weight excluding hydrogens is 387 g/mol. The van der Waals surface area contributed by atoms with Crippen LogP contribution in [0.4, 0.5) is 0 Å². The summed E-state index contributed by atoms with van der Waals surface area (Å²) in [5.74, 6) is 0.995. The summed E-state index contributed by atoms with van der Waals surface area (Å²) in [6.07, 6.45) is 5.67. The lowest BCUT2D eigenvalue weighted by molar-refractivity contribution is 0.112. The Bertz CT molecular complexity index is 879. The number of aldehydes is 1. The van der Waals surface area contributed by atoms with E-state index in [0.717, 1.165) is 34.9 Å². The summed E-state index contributed by atoms with van der Waals surface area (Å²) in [5.41, 5.74) is 5.81. The third kappa shape index (κ3) is 5.73. The highest BCUT2D eigenvalue weighted by molar-refractivity contribution is 7.48. The molecule has 164 valence electrons. The third-order valence-corrected chi connectivity index (χ3v) is 7.76. The van der Waals surface area contributed by atoms with E-state index in [4.69, 9.17) is 4.74 Å². The first-order valence-corrected chi connectivity index (χ1v) is 12.1. The topological polar surface area (TPSA) is 26.3 Å². The number of carbonyl (C=O) groups excluding carboxylic acids is 1. The Morgan fingerprint density at radius 2 is 1.73 bits per heavy atom. The van der Waals surface area contributed by atoms with Gasteiger partial charge < -0.3 is 4.74 Å². The molecule has 0 bridgehead atoms. The van der Waals surface area contributed by atoms with Gasteiger partial charge in [0, 0.05) is 16.3 Å². The van der Waals surface area contributed by atoms with Gasteiger partial charge in [0.1, 0.15) is 5.75 Å². The van der Waals surface area contributed by atoms with Crippen molar-refractivity contribution >= 4 is 20.2 Å². The average Bonchev–Trinajstić information content (AvgIpc) is 2.68. The first-order chi connectivity index (χ1) is 14.1. The Morgan fingerprint density at radius 3 is 2.30 bits per heavy atom. The van der Waals surface area contributed by atoms with E-state index in [1.807, 2.05) is 13.0 Å². The molecule has 3 heteroatoms. The molecule has 2 aromatic rings. The molecule has 0 aromatic heterocycles. The second-order valence-electron chi connectivity index (χ2n) is 9.75. The molecule has 2 unspecified atom stereocenters. The monoisotopic (exact) mass is 426 g/mol. The van der Waals surface area contributed by atoms with E-state index in [2.05, 4.69) is 65.8 Å². The molecule has 0 amide bonds. The van der Waals surface area contributed by atoms with Crippen LogP contribution in [-0.2, 0) is 10.6 Å². The molecule has 0 radical (unpaired) electrons. The molecular formula is C27H39O2P. The highest BCUT2D eigenvalue weighted by Gasteiger charge is 2.33. The maximum atomic E-state index is 11.8. The fourth-order valence-corrected chi connectivity index (χ4v) is 5.73. The molecule has 2 rings (SSSR count). The number of benzene rings is 2. The molecule has 0 saturated heterocycles. The zero-order valence-corrected chi connectivity index (χ0v) is 21.1. The molecule has 0 fully saturated rings. The minimum absolute atomic E-state index is 0.0665. The SMILES string of the molecule is CCCCCC(C)(Pc1ccc(C)cc1C=O)c1cc(C(C)(C)C)cc(C)c1OC. The van der Waals surface area contributed by atoms with Gasteiger partial charge in [0.15, 0.2) is 6.29 Å². The van der Waals surface area contributed by atoms with E-state index in [9.17, 15) is 4.79 Å². The predicted octanol–water partition coefficient (Wildman–Crippen LogP) is 7.22. The van der Waals surface area contributed by atoms with Gasteiger partial charge in [-0.2, -0.15) is 0 Å². The standard InChI is InChI=1S/C27H39O2P/c1-9-10-11-14-27(7,30-24-13-12-19(2)15-21(24)18-28)23-17-22(26(4,5)6)16-20(3)25(23)29-8/h12-13,15-18,30H,9-11,14H2,1-8H3. The van der Waals surface area contributed by atoms with E-state index in [1.165, 1.54) is 36.0 Å². The summed E-state index contributed by atoms with van der Waals surface area (Å²) >= 11 is 0. The van der Waals surface area contributed by atoms with Crippen molar-refractivity contribution in [3.05, 3.63) is 58.1 Å². The second-order valence-corrected chi connectivity index (χ2v) is 11.6. The smallest absolute Gasteiger partial charge is 0.150 e. The van der Waals surface area contributed by atoms with Gasteiger partial charge in [-0.3, -0.25) is 4.79 Å². The van der Waals surface area contributed by atoms with Crippen molar-refractivity contribution in [2.45, 2.75) is 84.7 Å². The molecule has 0 heterocycles. The lowest BCUT2D eigenvalue weighted by Gasteiger charge is -2.35. The lowest BCUT2D eigenvalue weighted by Crippen LogP contribution is -2.24. The number of ether oxygens (including phenoxy) is 1. The number of hydrogen-bond donors (Lipinski definition) is 0. The molecule has 0 aliphatic carbocycles. The fourth-order valence-electron chi connectivity index (χ4n) is 4.07. The van der Waals surface area contributed by atoms with Crippen molar-refractivity contribution in [1.82, 2.24) is 0 Å². The summed E-state index contributed by atoms with van der Waals surface area (Å²) < 4.78 is 5.94. The second kappa shape index (κ2) is 10.1. The Labute approximate surface area is 185 Å². The van der Waals surface area contributed by atoms with E-state index in [1.54, 1.807) is 7.11 Å². The van der Waals surface area contributed by atoms with Crippen molar-refractivity contribution < 1.29 is 9.53 Å². The largest absolute Gasteiger partial charge is 0.496 e. The van der Waals surface area contributed by atoms with Gasteiger partial charge in [0.25, 0.3) is 0 Å². The Balaban J connectivity index is 2.66. The Hall–Kier alpha value is -1.66. The predicted molar refractivity (Wildman–Crippen MR) is 132 cm³/mol. The van der Waals surface area contributed by atoms with Gasteiger partial charge in [-0.15, -0.1) is 0 Å². The summed E-state index contributed by atoms with van der Waals surface area (Å²) in [5, 5.41) is 1.06. The minimum atomic E-state index is -0.0838. The van der Waals surface area contributed by atoms with Crippen LogP contribution < -0.4 is 10.0 Å². The van der Waals surface area contributed by atoms with Gasteiger partial charge in [-0.25, -0.2) is 0 Å². The lowest BCUT2D eigenvalue weighted by atomic mass is 9.82. The number of hydrogen-bond acceptors (Lipinski definition) is 2. The number of unbranched alkanes of at least 4 members (excludes halogenated alkanes) is 2. The van der Waals surface area contributed by atoms with Crippen molar-refractivity contribution in [3.8, 4) is 5.75 Å². The summed E-state index contributed by atoms with van der Waals surface area (Å²) in [6.45, 7) is 15.6. The molecule has 2 aromatic carbocycles. The van der Waals surface area contributed by atoms with Crippen LogP contribution in [0.5, 0.6) is 5.75 Å². The van der Waals surface area contributed by atoms with Gasteiger partial charge >= 0.3 is 0 Å². The maximum Gasteiger partial charge on any atom is 0.150 e. The highest BCUT2D eigenvalue weighted by atomic mass is 31.1. The molecule has 0 N–H and O–H groups in total. The van der Waals surface area contributed by atoms with Gasteiger partial charge in [-0.1, -0.05) is 92.3 Å². The molecule has 2 nitrogen and oxygen atoms in total. The first kappa shape index (κ1) is 24.6. The minimum Gasteiger partial charge on any atom is -0.496 e. The average molecular weight is 427 g/mol. The normalized spacial score (nSPS) is 14.1. The van der Waals surface area contributed by atoms with Crippen LogP contribution in [0.25, 0.3) is 0 Å². The Kier molecular flexibility index (Phi) is 8.28. The summed E-state index contributed by atoms with van der Waals surface area (Å²) in [6, 6.07) is 10.9. The van der Waals surface area contributed by atoms with Crippen LogP contribution in [0, 0.1) is 13.8 Å². The van der Waals surface area contributed by atoms with E-state index >= 15 is 0 Å². The summed E-state index contributed by atoms with van der Waals surface area (Å²) in [7, 11) is 2.28. The van der Waals surface area contributed by atoms with Gasteiger partial charge in [-0.05, 0) is 48.2 Å².